The van der Waals surface area contributed by atoms with Crippen LogP contribution in [0.5, 0.6) is 0 Å². The molecule has 0 aliphatic carbocycles. The number of thiophene rings is 1. The van der Waals surface area contributed by atoms with E-state index in [-0.39, 0.29) is 0 Å². The summed E-state index contributed by atoms with van der Waals surface area (Å²) in [6.45, 7) is 9.43. The van der Waals surface area contributed by atoms with Gasteiger partial charge in [0.25, 0.3) is 0 Å². The van der Waals surface area contributed by atoms with E-state index in [4.69, 9.17) is 0 Å². The van der Waals surface area contributed by atoms with Gasteiger partial charge in [0.2, 0.25) is 0 Å². The minimum atomic E-state index is -1.17. The average Bonchev–Trinajstić information content (AvgIpc) is 2.41. The van der Waals surface area contributed by atoms with Crippen LogP contribution in [-0.2, 0) is 0 Å². The molecule has 0 spiro atoms. The first-order valence-electron chi connectivity index (χ1n) is 4.98. The standard InChI is InChI=1S/C12H16SSi/c1-9-8-10-6-5-7-11(12(10)13-9)14(2,3)4/h5-8H,1-4H3. The maximum absolute atomic E-state index is 2.41. The molecule has 0 atom stereocenters. The first-order valence-corrected chi connectivity index (χ1v) is 9.30. The molecule has 1 heterocycles. The van der Waals surface area contributed by atoms with Crippen LogP contribution in [0.2, 0.25) is 19.6 Å². The summed E-state index contributed by atoms with van der Waals surface area (Å²) in [6, 6.07) is 9.03. The van der Waals surface area contributed by atoms with E-state index in [2.05, 4.69) is 50.8 Å². The summed E-state index contributed by atoms with van der Waals surface area (Å²) in [6.07, 6.45) is 0. The van der Waals surface area contributed by atoms with Crippen molar-refractivity contribution in [2.45, 2.75) is 26.6 Å². The lowest BCUT2D eigenvalue weighted by molar-refractivity contribution is 1.65. The third-order valence-electron chi connectivity index (χ3n) is 2.48. The van der Waals surface area contributed by atoms with Gasteiger partial charge in [0.15, 0.2) is 0 Å². The predicted octanol–water partition coefficient (Wildman–Crippen LogP) is 3.75. The number of aryl methyl sites for hydroxylation is 1. The van der Waals surface area contributed by atoms with Crippen molar-refractivity contribution in [1.29, 1.82) is 0 Å². The molecule has 0 saturated carbocycles. The largest absolute Gasteiger partial charge is 0.141 e. The van der Waals surface area contributed by atoms with Gasteiger partial charge in [-0.15, -0.1) is 11.3 Å². The second kappa shape index (κ2) is 3.21. The van der Waals surface area contributed by atoms with Crippen molar-refractivity contribution in [3.05, 3.63) is 29.1 Å². The van der Waals surface area contributed by atoms with Crippen LogP contribution in [0.1, 0.15) is 4.88 Å². The van der Waals surface area contributed by atoms with Crippen LogP contribution in [0, 0.1) is 6.92 Å². The molecule has 0 aliphatic rings. The molecule has 0 bridgehead atoms. The SMILES string of the molecule is Cc1cc2cccc([Si](C)(C)C)c2s1. The van der Waals surface area contributed by atoms with Gasteiger partial charge in [-0.2, -0.15) is 0 Å². The summed E-state index contributed by atoms with van der Waals surface area (Å²) in [5.74, 6) is 0. The first kappa shape index (κ1) is 9.93. The third kappa shape index (κ3) is 1.64. The Morgan fingerprint density at radius 3 is 2.50 bits per heavy atom. The van der Waals surface area contributed by atoms with Crippen LogP contribution in [0.3, 0.4) is 0 Å². The highest BCUT2D eigenvalue weighted by Gasteiger charge is 2.19. The van der Waals surface area contributed by atoms with E-state index in [9.17, 15) is 0 Å². The van der Waals surface area contributed by atoms with Crippen LogP contribution >= 0.6 is 11.3 Å². The lowest BCUT2D eigenvalue weighted by atomic mass is 10.2. The molecule has 0 saturated heterocycles. The fourth-order valence-electron chi connectivity index (χ4n) is 1.78. The second-order valence-electron chi connectivity index (χ2n) is 4.83. The minimum absolute atomic E-state index is 1.17. The Balaban J connectivity index is 2.77. The molecule has 2 rings (SSSR count). The summed E-state index contributed by atoms with van der Waals surface area (Å²) < 4.78 is 1.52. The average molecular weight is 220 g/mol. The molecule has 0 amide bonds. The Labute approximate surface area is 90.6 Å². The molecule has 1 aromatic heterocycles. The van der Waals surface area contributed by atoms with E-state index in [1.165, 1.54) is 15.0 Å². The second-order valence-corrected chi connectivity index (χ2v) is 11.1. The van der Waals surface area contributed by atoms with Crippen molar-refractivity contribution in [3.63, 3.8) is 0 Å². The molecule has 0 aliphatic heterocycles. The minimum Gasteiger partial charge on any atom is -0.141 e. The monoisotopic (exact) mass is 220 g/mol. The van der Waals surface area contributed by atoms with Crippen LogP contribution < -0.4 is 5.19 Å². The summed E-state index contributed by atoms with van der Waals surface area (Å²) in [5.41, 5.74) is 0. The van der Waals surface area contributed by atoms with E-state index in [1.54, 1.807) is 5.19 Å². The van der Waals surface area contributed by atoms with E-state index in [1.807, 2.05) is 11.3 Å². The lowest BCUT2D eigenvalue weighted by Gasteiger charge is -2.17. The smallest absolute Gasteiger partial charge is 0.0794 e. The summed E-state index contributed by atoms with van der Waals surface area (Å²) >= 11 is 1.94. The predicted molar refractivity (Wildman–Crippen MR) is 69.5 cm³/mol. The molecule has 14 heavy (non-hydrogen) atoms. The molecular weight excluding hydrogens is 204 g/mol. The van der Waals surface area contributed by atoms with Gasteiger partial charge in [-0.1, -0.05) is 37.8 Å². The number of hydrogen-bond donors (Lipinski definition) is 0. The summed E-state index contributed by atoms with van der Waals surface area (Å²) in [4.78, 5) is 1.42. The van der Waals surface area contributed by atoms with Gasteiger partial charge in [0.1, 0.15) is 0 Å². The van der Waals surface area contributed by atoms with Crippen molar-refractivity contribution in [2.24, 2.45) is 0 Å². The lowest BCUT2D eigenvalue weighted by Crippen LogP contribution is -2.37. The van der Waals surface area contributed by atoms with Gasteiger partial charge in [-0.05, 0) is 23.6 Å². The van der Waals surface area contributed by atoms with E-state index in [0.717, 1.165) is 0 Å². The molecule has 2 heteroatoms. The molecule has 0 N–H and O–H groups in total. The normalized spacial score (nSPS) is 12.3. The van der Waals surface area contributed by atoms with Gasteiger partial charge in [0, 0.05) is 9.58 Å². The quantitative estimate of drug-likeness (QED) is 0.642. The molecule has 74 valence electrons. The zero-order valence-electron chi connectivity index (χ0n) is 9.22. The Morgan fingerprint density at radius 2 is 1.86 bits per heavy atom. The van der Waals surface area contributed by atoms with Gasteiger partial charge >= 0.3 is 0 Å². The summed E-state index contributed by atoms with van der Waals surface area (Å²) in [7, 11) is -1.17. The molecule has 0 nitrogen and oxygen atoms in total. The van der Waals surface area contributed by atoms with E-state index < -0.39 is 8.07 Å². The zero-order chi connectivity index (χ0) is 10.3. The van der Waals surface area contributed by atoms with Crippen molar-refractivity contribution >= 4 is 34.7 Å². The molecule has 0 fully saturated rings. The fourth-order valence-corrected chi connectivity index (χ4v) is 5.21. The Hall–Kier alpha value is -0.603. The Morgan fingerprint density at radius 1 is 1.14 bits per heavy atom. The number of benzene rings is 1. The van der Waals surface area contributed by atoms with E-state index >= 15 is 0 Å². The Kier molecular flexibility index (Phi) is 2.28. The highest BCUT2D eigenvalue weighted by molar-refractivity contribution is 7.21. The van der Waals surface area contributed by atoms with Crippen molar-refractivity contribution in [2.75, 3.05) is 0 Å². The Bertz CT molecular complexity index is 463. The number of fused-ring (bicyclic) bond motifs is 1. The fraction of sp³-hybridized carbons (Fsp3) is 0.333. The highest BCUT2D eigenvalue weighted by atomic mass is 32.1. The van der Waals surface area contributed by atoms with Crippen molar-refractivity contribution < 1.29 is 0 Å². The number of rotatable bonds is 1. The summed E-state index contributed by atoms with van der Waals surface area (Å²) in [5, 5.41) is 3.03. The van der Waals surface area contributed by atoms with Gasteiger partial charge < -0.3 is 0 Å². The van der Waals surface area contributed by atoms with Crippen LogP contribution in [0.4, 0.5) is 0 Å². The topological polar surface area (TPSA) is 0 Å². The third-order valence-corrected chi connectivity index (χ3v) is 5.79. The van der Waals surface area contributed by atoms with Crippen molar-refractivity contribution in [1.82, 2.24) is 0 Å². The van der Waals surface area contributed by atoms with E-state index in [0.29, 0.717) is 0 Å². The first-order chi connectivity index (χ1) is 6.48. The van der Waals surface area contributed by atoms with Crippen LogP contribution in [-0.4, -0.2) is 8.07 Å². The van der Waals surface area contributed by atoms with Gasteiger partial charge in [0.05, 0.1) is 8.07 Å². The van der Waals surface area contributed by atoms with Gasteiger partial charge in [-0.3, -0.25) is 0 Å². The van der Waals surface area contributed by atoms with Crippen LogP contribution in [0.25, 0.3) is 10.1 Å². The molecule has 0 unspecified atom stereocenters. The maximum Gasteiger partial charge on any atom is 0.0794 e. The molecule has 1 aromatic carbocycles. The maximum atomic E-state index is 2.41. The molecule has 2 aromatic rings. The van der Waals surface area contributed by atoms with Crippen LogP contribution in [0.15, 0.2) is 24.3 Å². The van der Waals surface area contributed by atoms with Crippen molar-refractivity contribution in [3.8, 4) is 0 Å². The highest BCUT2D eigenvalue weighted by Crippen LogP contribution is 2.25. The van der Waals surface area contributed by atoms with Gasteiger partial charge in [-0.25, -0.2) is 0 Å². The number of hydrogen-bond acceptors (Lipinski definition) is 1. The molecular formula is C12H16SSi. The zero-order valence-corrected chi connectivity index (χ0v) is 11.0. The molecule has 0 radical (unpaired) electrons.